The van der Waals surface area contributed by atoms with Crippen molar-refractivity contribution in [3.8, 4) is 0 Å². The Kier molecular flexibility index (Phi) is 6.80. The zero-order valence-corrected chi connectivity index (χ0v) is 12.6. The molecule has 1 rings (SSSR count). The topological polar surface area (TPSA) is 98.2 Å². The Balaban J connectivity index is 0.00000324. The van der Waals surface area contributed by atoms with E-state index in [2.05, 4.69) is 5.32 Å². The number of nitrogens with one attached hydrogen (secondary N) is 1. The molecule has 0 saturated heterocycles. The van der Waals surface area contributed by atoms with Crippen molar-refractivity contribution in [2.75, 3.05) is 6.54 Å². The number of carbonyl (C=O) groups excluding carboxylic acids is 2. The minimum Gasteiger partial charge on any atom is -0.368 e. The van der Waals surface area contributed by atoms with Crippen LogP contribution in [-0.4, -0.2) is 23.9 Å². The highest BCUT2D eigenvalue weighted by Crippen LogP contribution is 2.38. The van der Waals surface area contributed by atoms with Crippen molar-refractivity contribution in [1.29, 1.82) is 0 Å². The quantitative estimate of drug-likeness (QED) is 0.707. The molecule has 1 saturated carbocycles. The summed E-state index contributed by atoms with van der Waals surface area (Å²) in [7, 11) is 0. The standard InChI is InChI=1S/C13H25N3O2.ClH/c1-12(2,11(15)18)16-10(17)8-13(9-14)6-4-3-5-7-13;/h3-9,14H2,1-2H3,(H2,15,18)(H,16,17);1H. The van der Waals surface area contributed by atoms with Crippen LogP contribution in [0.15, 0.2) is 0 Å². The molecule has 0 unspecified atom stereocenters. The first-order chi connectivity index (χ1) is 8.31. The highest BCUT2D eigenvalue weighted by atomic mass is 35.5. The zero-order chi connectivity index (χ0) is 13.8. The first kappa shape index (κ1) is 18.2. The van der Waals surface area contributed by atoms with Crippen LogP contribution in [0.1, 0.15) is 52.4 Å². The summed E-state index contributed by atoms with van der Waals surface area (Å²) in [5.74, 6) is -0.660. The van der Waals surface area contributed by atoms with Gasteiger partial charge in [-0.15, -0.1) is 12.4 Å². The first-order valence-corrected chi connectivity index (χ1v) is 6.62. The Morgan fingerprint density at radius 2 is 1.74 bits per heavy atom. The normalized spacial score (nSPS) is 18.3. The number of amides is 2. The van der Waals surface area contributed by atoms with Crippen molar-refractivity contribution in [2.45, 2.75) is 57.9 Å². The molecule has 1 fully saturated rings. The van der Waals surface area contributed by atoms with Gasteiger partial charge in [0.25, 0.3) is 0 Å². The lowest BCUT2D eigenvalue weighted by Gasteiger charge is -2.36. The van der Waals surface area contributed by atoms with E-state index in [0.717, 1.165) is 25.7 Å². The fourth-order valence-corrected chi connectivity index (χ4v) is 2.55. The minimum atomic E-state index is -0.998. The molecule has 0 atom stereocenters. The van der Waals surface area contributed by atoms with Crippen molar-refractivity contribution >= 4 is 24.2 Å². The number of hydrogen-bond donors (Lipinski definition) is 3. The Hall–Kier alpha value is -0.810. The predicted octanol–water partition coefficient (Wildman–Crippen LogP) is 1.09. The molecule has 0 aromatic rings. The van der Waals surface area contributed by atoms with Gasteiger partial charge in [0.15, 0.2) is 0 Å². The molecule has 6 heteroatoms. The molecule has 2 amide bonds. The first-order valence-electron chi connectivity index (χ1n) is 6.62. The highest BCUT2D eigenvalue weighted by molar-refractivity contribution is 5.89. The number of halogens is 1. The van der Waals surface area contributed by atoms with Crippen LogP contribution in [-0.2, 0) is 9.59 Å². The van der Waals surface area contributed by atoms with Crippen LogP contribution in [0.25, 0.3) is 0 Å². The van der Waals surface area contributed by atoms with Crippen molar-refractivity contribution in [3.05, 3.63) is 0 Å². The van der Waals surface area contributed by atoms with Gasteiger partial charge in [0.2, 0.25) is 11.8 Å². The lowest BCUT2D eigenvalue weighted by molar-refractivity contribution is -0.132. The summed E-state index contributed by atoms with van der Waals surface area (Å²) in [6.07, 6.45) is 5.85. The monoisotopic (exact) mass is 291 g/mol. The number of rotatable bonds is 5. The summed E-state index contributed by atoms with van der Waals surface area (Å²) in [4.78, 5) is 23.2. The predicted molar refractivity (Wildman–Crippen MR) is 77.9 cm³/mol. The van der Waals surface area contributed by atoms with Crippen molar-refractivity contribution in [1.82, 2.24) is 5.32 Å². The number of carbonyl (C=O) groups is 2. The van der Waals surface area contributed by atoms with Crippen LogP contribution in [0.5, 0.6) is 0 Å². The van der Waals surface area contributed by atoms with E-state index >= 15 is 0 Å². The second-order valence-corrected chi connectivity index (χ2v) is 5.98. The van der Waals surface area contributed by atoms with Gasteiger partial charge in [-0.25, -0.2) is 0 Å². The van der Waals surface area contributed by atoms with Gasteiger partial charge in [-0.2, -0.15) is 0 Å². The van der Waals surface area contributed by atoms with Crippen molar-refractivity contribution in [2.24, 2.45) is 16.9 Å². The molecule has 19 heavy (non-hydrogen) atoms. The van der Waals surface area contributed by atoms with Crippen LogP contribution in [0, 0.1) is 5.41 Å². The summed E-state index contributed by atoms with van der Waals surface area (Å²) in [5.41, 5.74) is 9.99. The molecular weight excluding hydrogens is 266 g/mol. The number of primary amides is 1. The molecule has 0 aliphatic heterocycles. The maximum Gasteiger partial charge on any atom is 0.242 e. The smallest absolute Gasteiger partial charge is 0.242 e. The SMILES string of the molecule is CC(C)(NC(=O)CC1(CN)CCCCC1)C(N)=O.Cl. The van der Waals surface area contributed by atoms with Crippen molar-refractivity contribution in [3.63, 3.8) is 0 Å². The fraction of sp³-hybridized carbons (Fsp3) is 0.846. The lowest BCUT2D eigenvalue weighted by atomic mass is 9.71. The zero-order valence-electron chi connectivity index (χ0n) is 11.8. The minimum absolute atomic E-state index is 0. The number of nitrogens with two attached hydrogens (primary N) is 2. The van der Waals surface area contributed by atoms with Gasteiger partial charge >= 0.3 is 0 Å². The van der Waals surface area contributed by atoms with Gasteiger partial charge in [0.1, 0.15) is 5.54 Å². The van der Waals surface area contributed by atoms with E-state index in [1.807, 2.05) is 0 Å². The third kappa shape index (κ3) is 4.99. The Labute approximate surface area is 121 Å². The van der Waals surface area contributed by atoms with E-state index in [0.29, 0.717) is 13.0 Å². The van der Waals surface area contributed by atoms with Gasteiger partial charge < -0.3 is 16.8 Å². The van der Waals surface area contributed by atoms with E-state index in [9.17, 15) is 9.59 Å². The average molecular weight is 292 g/mol. The maximum absolute atomic E-state index is 12.0. The van der Waals surface area contributed by atoms with Crippen LogP contribution in [0.2, 0.25) is 0 Å². The average Bonchev–Trinajstić information content (AvgIpc) is 2.29. The van der Waals surface area contributed by atoms with Crippen LogP contribution in [0.3, 0.4) is 0 Å². The van der Waals surface area contributed by atoms with Gasteiger partial charge in [-0.05, 0) is 38.6 Å². The molecule has 0 aromatic heterocycles. The molecule has 5 N–H and O–H groups in total. The summed E-state index contributed by atoms with van der Waals surface area (Å²) >= 11 is 0. The second-order valence-electron chi connectivity index (χ2n) is 5.98. The van der Waals surface area contributed by atoms with Crippen molar-refractivity contribution < 1.29 is 9.59 Å². The van der Waals surface area contributed by atoms with Gasteiger partial charge in [-0.1, -0.05) is 19.3 Å². The molecule has 0 aromatic carbocycles. The number of hydrogen-bond acceptors (Lipinski definition) is 3. The van der Waals surface area contributed by atoms with E-state index in [1.54, 1.807) is 13.8 Å². The Bertz CT molecular complexity index is 326. The third-order valence-corrected chi connectivity index (χ3v) is 3.95. The molecule has 0 bridgehead atoms. The van der Waals surface area contributed by atoms with Crippen LogP contribution < -0.4 is 16.8 Å². The van der Waals surface area contributed by atoms with Gasteiger partial charge in [0, 0.05) is 6.42 Å². The van der Waals surface area contributed by atoms with E-state index in [-0.39, 0.29) is 23.7 Å². The van der Waals surface area contributed by atoms with Crippen LogP contribution >= 0.6 is 12.4 Å². The van der Waals surface area contributed by atoms with E-state index in [1.165, 1.54) is 6.42 Å². The maximum atomic E-state index is 12.0. The van der Waals surface area contributed by atoms with Crippen LogP contribution in [0.4, 0.5) is 0 Å². The molecule has 112 valence electrons. The van der Waals surface area contributed by atoms with Gasteiger partial charge in [-0.3, -0.25) is 9.59 Å². The molecule has 5 nitrogen and oxygen atoms in total. The largest absolute Gasteiger partial charge is 0.368 e. The highest BCUT2D eigenvalue weighted by Gasteiger charge is 2.35. The molecule has 1 aliphatic carbocycles. The van der Waals surface area contributed by atoms with E-state index < -0.39 is 11.4 Å². The molecule has 1 aliphatic rings. The second kappa shape index (κ2) is 7.10. The summed E-state index contributed by atoms with van der Waals surface area (Å²) in [6, 6.07) is 0. The molecule has 0 spiro atoms. The Morgan fingerprint density at radius 3 is 2.16 bits per heavy atom. The summed E-state index contributed by atoms with van der Waals surface area (Å²) in [6.45, 7) is 3.75. The summed E-state index contributed by atoms with van der Waals surface area (Å²) in [5, 5.41) is 2.69. The molecule has 0 heterocycles. The van der Waals surface area contributed by atoms with E-state index in [4.69, 9.17) is 11.5 Å². The Morgan fingerprint density at radius 1 is 1.21 bits per heavy atom. The summed E-state index contributed by atoms with van der Waals surface area (Å²) < 4.78 is 0. The van der Waals surface area contributed by atoms with Gasteiger partial charge in [0.05, 0.1) is 0 Å². The third-order valence-electron chi connectivity index (χ3n) is 3.95. The molecular formula is C13H26ClN3O2. The lowest BCUT2D eigenvalue weighted by Crippen LogP contribution is -2.54. The molecule has 0 radical (unpaired) electrons. The fourth-order valence-electron chi connectivity index (χ4n) is 2.55.